The van der Waals surface area contributed by atoms with E-state index < -0.39 is 0 Å². The van der Waals surface area contributed by atoms with E-state index in [1.54, 1.807) is 12.4 Å². The molecule has 0 aromatic heterocycles. The molecule has 0 fully saturated rings. The lowest BCUT2D eigenvalue weighted by Crippen LogP contribution is -2.12. The van der Waals surface area contributed by atoms with Crippen molar-refractivity contribution in [1.82, 2.24) is 0 Å². The predicted octanol–water partition coefficient (Wildman–Crippen LogP) is 6.63. The van der Waals surface area contributed by atoms with Crippen LogP contribution in [0.2, 0.25) is 0 Å². The molecule has 0 atom stereocenters. The number of hydrogen-bond donors (Lipinski definition) is 2. The Morgan fingerprint density at radius 3 is 1.31 bits per heavy atom. The zero-order chi connectivity index (χ0) is 24.1. The molecule has 0 amide bonds. The van der Waals surface area contributed by atoms with Crippen LogP contribution in [0.4, 0.5) is 0 Å². The fourth-order valence-electron chi connectivity index (χ4n) is 3.69. The lowest BCUT2D eigenvalue weighted by molar-refractivity contribution is 0.445. The minimum absolute atomic E-state index is 0.115. The molecule has 0 saturated heterocycles. The third-order valence-corrected chi connectivity index (χ3v) is 5.47. The Labute approximate surface area is 194 Å². The number of benzene rings is 2. The van der Waals surface area contributed by atoms with Crippen LogP contribution in [0.1, 0.15) is 87.8 Å². The Bertz CT molecular complexity index is 908. The van der Waals surface area contributed by atoms with Crippen molar-refractivity contribution >= 4 is 12.4 Å². The molecule has 174 valence electrons. The number of rotatable bonds is 7. The lowest BCUT2D eigenvalue weighted by atomic mass is 9.84. The molecule has 32 heavy (non-hydrogen) atoms. The number of phenols is 2. The van der Waals surface area contributed by atoms with E-state index in [0.717, 1.165) is 46.2 Å². The van der Waals surface area contributed by atoms with Crippen LogP contribution < -0.4 is 0 Å². The van der Waals surface area contributed by atoms with Crippen LogP contribution in [0.3, 0.4) is 0 Å². The van der Waals surface area contributed by atoms with Crippen LogP contribution in [0.5, 0.6) is 11.5 Å². The maximum absolute atomic E-state index is 10.6. The molecule has 0 unspecified atom stereocenters. The molecule has 0 spiro atoms. The summed E-state index contributed by atoms with van der Waals surface area (Å²) < 4.78 is 0. The SMILES string of the molecule is Cc1cc(C=NCCCCN=Cc2cc(C)cc(C(C)(C)C)c2O)c(O)c(C(C)(C)C)c1. The van der Waals surface area contributed by atoms with Crippen molar-refractivity contribution in [2.75, 3.05) is 13.1 Å². The van der Waals surface area contributed by atoms with Crippen molar-refractivity contribution in [1.29, 1.82) is 0 Å². The maximum Gasteiger partial charge on any atom is 0.128 e. The molecule has 2 N–H and O–H groups in total. The summed E-state index contributed by atoms with van der Waals surface area (Å²) in [7, 11) is 0. The fourth-order valence-corrected chi connectivity index (χ4v) is 3.69. The standard InChI is InChI=1S/C28H40N2O2/c1-19-13-21(25(31)23(15-19)27(3,4)5)17-29-11-9-10-12-30-18-22-14-20(2)16-24(26(22)32)28(6,7)8/h13-18,31-32H,9-12H2,1-8H3. The van der Waals surface area contributed by atoms with E-state index in [-0.39, 0.29) is 10.8 Å². The average molecular weight is 437 g/mol. The number of nitrogens with zero attached hydrogens (tertiary/aromatic N) is 2. The van der Waals surface area contributed by atoms with Crippen molar-refractivity contribution in [3.8, 4) is 11.5 Å². The van der Waals surface area contributed by atoms with Crippen molar-refractivity contribution < 1.29 is 10.2 Å². The molecule has 0 bridgehead atoms. The van der Waals surface area contributed by atoms with Crippen molar-refractivity contribution in [3.05, 3.63) is 57.6 Å². The second-order valence-corrected chi connectivity index (χ2v) is 10.8. The van der Waals surface area contributed by atoms with Crippen LogP contribution in [0, 0.1) is 13.8 Å². The summed E-state index contributed by atoms with van der Waals surface area (Å²) in [4.78, 5) is 9.02. The minimum Gasteiger partial charge on any atom is -0.507 e. The molecule has 2 rings (SSSR count). The first-order chi connectivity index (χ1) is 14.8. The summed E-state index contributed by atoms with van der Waals surface area (Å²) in [6.07, 6.45) is 5.39. The van der Waals surface area contributed by atoms with Crippen molar-refractivity contribution in [2.24, 2.45) is 9.98 Å². The first kappa shape index (κ1) is 25.6. The summed E-state index contributed by atoms with van der Waals surface area (Å²) in [6, 6.07) is 8.03. The smallest absolute Gasteiger partial charge is 0.128 e. The highest BCUT2D eigenvalue weighted by Crippen LogP contribution is 2.34. The van der Waals surface area contributed by atoms with Gasteiger partial charge in [0.15, 0.2) is 0 Å². The number of aromatic hydroxyl groups is 2. The van der Waals surface area contributed by atoms with Gasteiger partial charge in [0.05, 0.1) is 0 Å². The van der Waals surface area contributed by atoms with E-state index >= 15 is 0 Å². The van der Waals surface area contributed by atoms with Gasteiger partial charge in [-0.2, -0.15) is 0 Å². The highest BCUT2D eigenvalue weighted by atomic mass is 16.3. The second-order valence-electron chi connectivity index (χ2n) is 10.8. The Balaban J connectivity index is 1.91. The molecule has 0 saturated carbocycles. The molecular formula is C28H40N2O2. The molecule has 0 radical (unpaired) electrons. The van der Waals surface area contributed by atoms with Crippen molar-refractivity contribution in [2.45, 2.75) is 79.1 Å². The zero-order valence-electron chi connectivity index (χ0n) is 21.1. The number of phenolic OH excluding ortho intramolecular Hbond substituents is 2. The van der Waals surface area contributed by atoms with Gasteiger partial charge in [-0.3, -0.25) is 9.98 Å². The Morgan fingerprint density at radius 2 is 1.00 bits per heavy atom. The van der Waals surface area contributed by atoms with Crippen LogP contribution in [0.15, 0.2) is 34.3 Å². The molecule has 0 aliphatic carbocycles. The van der Waals surface area contributed by atoms with Gasteiger partial charge in [0.25, 0.3) is 0 Å². The minimum atomic E-state index is -0.115. The normalized spacial score (nSPS) is 12.9. The fraction of sp³-hybridized carbons (Fsp3) is 0.500. The topological polar surface area (TPSA) is 65.2 Å². The van der Waals surface area contributed by atoms with Crippen LogP contribution in [-0.4, -0.2) is 35.7 Å². The first-order valence-electron chi connectivity index (χ1n) is 11.5. The van der Waals surface area contributed by atoms with Crippen LogP contribution in [-0.2, 0) is 10.8 Å². The average Bonchev–Trinajstić information content (AvgIpc) is 2.66. The molecule has 0 aliphatic heterocycles. The summed E-state index contributed by atoms with van der Waals surface area (Å²) in [5.41, 5.74) is 5.46. The zero-order valence-corrected chi connectivity index (χ0v) is 21.1. The summed E-state index contributed by atoms with van der Waals surface area (Å²) >= 11 is 0. The largest absolute Gasteiger partial charge is 0.507 e. The molecule has 0 aliphatic rings. The number of aliphatic imine (C=N–C) groups is 2. The molecule has 2 aromatic carbocycles. The van der Waals surface area contributed by atoms with Crippen LogP contribution in [0.25, 0.3) is 0 Å². The highest BCUT2D eigenvalue weighted by Gasteiger charge is 2.21. The monoisotopic (exact) mass is 436 g/mol. The Hall–Kier alpha value is -2.62. The molecule has 2 aromatic rings. The molecule has 4 heteroatoms. The van der Waals surface area contributed by atoms with Crippen LogP contribution >= 0.6 is 0 Å². The van der Waals surface area contributed by atoms with Gasteiger partial charge in [0.2, 0.25) is 0 Å². The number of hydrogen-bond acceptors (Lipinski definition) is 4. The summed E-state index contributed by atoms with van der Waals surface area (Å²) in [5.74, 6) is 0.646. The van der Waals surface area contributed by atoms with Gasteiger partial charge in [-0.05, 0) is 60.8 Å². The quantitative estimate of drug-likeness (QED) is 0.378. The van der Waals surface area contributed by atoms with Gasteiger partial charge in [-0.1, -0.05) is 53.7 Å². The van der Waals surface area contributed by atoms with E-state index in [1.807, 2.05) is 38.1 Å². The predicted molar refractivity (Wildman–Crippen MR) is 137 cm³/mol. The number of unbranched alkanes of at least 4 members (excludes halogenated alkanes) is 1. The van der Waals surface area contributed by atoms with E-state index in [4.69, 9.17) is 0 Å². The maximum atomic E-state index is 10.6. The third kappa shape index (κ3) is 6.94. The van der Waals surface area contributed by atoms with E-state index in [0.29, 0.717) is 24.6 Å². The van der Waals surface area contributed by atoms with Gasteiger partial charge >= 0.3 is 0 Å². The van der Waals surface area contributed by atoms with Crippen molar-refractivity contribution in [3.63, 3.8) is 0 Å². The molecular weight excluding hydrogens is 396 g/mol. The van der Waals surface area contributed by atoms with Gasteiger partial charge < -0.3 is 10.2 Å². The van der Waals surface area contributed by atoms with Gasteiger partial charge in [0.1, 0.15) is 11.5 Å². The third-order valence-electron chi connectivity index (χ3n) is 5.47. The number of aryl methyl sites for hydroxylation is 2. The van der Waals surface area contributed by atoms with E-state index in [1.165, 1.54) is 0 Å². The molecule has 4 nitrogen and oxygen atoms in total. The Kier molecular flexibility index (Phi) is 8.28. The summed E-state index contributed by atoms with van der Waals surface area (Å²) in [5, 5.41) is 21.2. The van der Waals surface area contributed by atoms with Gasteiger partial charge in [-0.25, -0.2) is 0 Å². The lowest BCUT2D eigenvalue weighted by Gasteiger charge is -2.22. The first-order valence-corrected chi connectivity index (χ1v) is 11.5. The Morgan fingerprint density at radius 1 is 0.656 bits per heavy atom. The van der Waals surface area contributed by atoms with E-state index in [2.05, 4.69) is 51.5 Å². The summed E-state index contributed by atoms with van der Waals surface area (Å²) in [6.45, 7) is 18.1. The molecule has 0 heterocycles. The van der Waals surface area contributed by atoms with Gasteiger partial charge in [0, 0.05) is 47.8 Å². The van der Waals surface area contributed by atoms with Gasteiger partial charge in [-0.15, -0.1) is 0 Å². The highest BCUT2D eigenvalue weighted by molar-refractivity contribution is 5.85. The van der Waals surface area contributed by atoms with E-state index in [9.17, 15) is 10.2 Å². The second kappa shape index (κ2) is 10.3.